The lowest BCUT2D eigenvalue weighted by atomic mass is 10.3. The first kappa shape index (κ1) is 16.2. The predicted octanol–water partition coefficient (Wildman–Crippen LogP) is 3.87. The fourth-order valence-electron chi connectivity index (χ4n) is 1.54. The maximum atomic E-state index is 13.7. The molecule has 0 aliphatic heterocycles. The van der Waals surface area contributed by atoms with Gasteiger partial charge < -0.3 is 5.73 Å². The third-order valence-electron chi connectivity index (χ3n) is 2.50. The first-order chi connectivity index (χ1) is 9.70. The van der Waals surface area contributed by atoms with E-state index < -0.39 is 27.3 Å². The van der Waals surface area contributed by atoms with Crippen molar-refractivity contribution in [1.82, 2.24) is 0 Å². The standard InChI is InChI=1S/C12H8Br2F2N2O2S/c13-7-4-10(16)11(5-9(7)15)18-21(19,20)12-2-1-6(17)3-8(12)14/h1-5,18H,17H2. The summed E-state index contributed by atoms with van der Waals surface area (Å²) >= 11 is 5.88. The minimum absolute atomic E-state index is 0.100. The van der Waals surface area contributed by atoms with Gasteiger partial charge in [0.15, 0.2) is 0 Å². The Bertz CT molecular complexity index is 813. The number of halogens is 4. The van der Waals surface area contributed by atoms with E-state index in [1.807, 2.05) is 4.72 Å². The van der Waals surface area contributed by atoms with Crippen LogP contribution in [0.4, 0.5) is 20.2 Å². The lowest BCUT2D eigenvalue weighted by Crippen LogP contribution is -2.15. The van der Waals surface area contributed by atoms with Crippen LogP contribution in [0, 0.1) is 11.6 Å². The highest BCUT2D eigenvalue weighted by Gasteiger charge is 2.20. The van der Waals surface area contributed by atoms with E-state index in [0.29, 0.717) is 5.69 Å². The Morgan fingerprint density at radius 1 is 1.00 bits per heavy atom. The topological polar surface area (TPSA) is 72.2 Å². The SMILES string of the molecule is Nc1ccc(S(=O)(=O)Nc2cc(F)c(Br)cc2F)c(Br)c1. The second kappa shape index (κ2) is 5.90. The van der Waals surface area contributed by atoms with Crippen LogP contribution in [0.5, 0.6) is 0 Å². The van der Waals surface area contributed by atoms with Crippen molar-refractivity contribution in [3.8, 4) is 0 Å². The number of hydrogen-bond acceptors (Lipinski definition) is 3. The summed E-state index contributed by atoms with van der Waals surface area (Å²) in [7, 11) is -4.09. The lowest BCUT2D eigenvalue weighted by molar-refractivity contribution is 0.591. The summed E-state index contributed by atoms with van der Waals surface area (Å²) < 4.78 is 53.6. The van der Waals surface area contributed by atoms with E-state index >= 15 is 0 Å². The first-order valence-electron chi connectivity index (χ1n) is 5.43. The minimum Gasteiger partial charge on any atom is -0.399 e. The highest BCUT2D eigenvalue weighted by molar-refractivity contribution is 9.10. The predicted molar refractivity (Wildman–Crippen MR) is 83.4 cm³/mol. The van der Waals surface area contributed by atoms with E-state index in [1.165, 1.54) is 18.2 Å². The van der Waals surface area contributed by atoms with Crippen LogP contribution in [-0.2, 0) is 10.0 Å². The van der Waals surface area contributed by atoms with Gasteiger partial charge in [0.05, 0.1) is 10.2 Å². The van der Waals surface area contributed by atoms with Crippen molar-refractivity contribution in [3.05, 3.63) is 50.9 Å². The number of nitrogens with one attached hydrogen (secondary N) is 1. The summed E-state index contributed by atoms with van der Waals surface area (Å²) in [5.41, 5.74) is 5.40. The minimum atomic E-state index is -4.09. The second-order valence-electron chi connectivity index (χ2n) is 4.04. The highest BCUT2D eigenvalue weighted by atomic mass is 79.9. The van der Waals surface area contributed by atoms with Crippen molar-refractivity contribution >= 4 is 53.3 Å². The summed E-state index contributed by atoms with van der Waals surface area (Å²) in [4.78, 5) is -0.139. The number of anilines is 2. The van der Waals surface area contributed by atoms with Gasteiger partial charge >= 0.3 is 0 Å². The fraction of sp³-hybridized carbons (Fsp3) is 0. The van der Waals surface area contributed by atoms with Crippen LogP contribution in [0.25, 0.3) is 0 Å². The molecule has 0 aromatic heterocycles. The molecular formula is C12H8Br2F2N2O2S. The smallest absolute Gasteiger partial charge is 0.263 e. The molecule has 2 aromatic rings. The third kappa shape index (κ3) is 3.53. The van der Waals surface area contributed by atoms with Gasteiger partial charge in [-0.3, -0.25) is 4.72 Å². The Hall–Kier alpha value is -1.19. The molecule has 9 heteroatoms. The zero-order chi connectivity index (χ0) is 15.8. The largest absolute Gasteiger partial charge is 0.399 e. The van der Waals surface area contributed by atoms with Gasteiger partial charge in [-0.25, -0.2) is 17.2 Å². The summed E-state index contributed by atoms with van der Waals surface area (Å²) in [5.74, 6) is -1.69. The van der Waals surface area contributed by atoms with Gasteiger partial charge in [-0.05, 0) is 56.1 Å². The molecule has 2 aromatic carbocycles. The second-order valence-corrected chi connectivity index (χ2v) is 7.40. The highest BCUT2D eigenvalue weighted by Crippen LogP contribution is 2.29. The van der Waals surface area contributed by atoms with E-state index in [1.54, 1.807) is 0 Å². The molecule has 2 rings (SSSR count). The molecule has 21 heavy (non-hydrogen) atoms. The molecule has 0 fully saturated rings. The Kier molecular flexibility index (Phi) is 4.54. The number of nitrogens with two attached hydrogens (primary N) is 1. The van der Waals surface area contributed by atoms with Gasteiger partial charge in [0.25, 0.3) is 10.0 Å². The number of nitrogen functional groups attached to an aromatic ring is 1. The van der Waals surface area contributed by atoms with Crippen molar-refractivity contribution in [1.29, 1.82) is 0 Å². The van der Waals surface area contributed by atoms with Crippen molar-refractivity contribution < 1.29 is 17.2 Å². The van der Waals surface area contributed by atoms with Crippen LogP contribution in [0.15, 0.2) is 44.2 Å². The van der Waals surface area contributed by atoms with E-state index in [9.17, 15) is 17.2 Å². The molecule has 3 N–H and O–H groups in total. The number of rotatable bonds is 3. The Morgan fingerprint density at radius 2 is 1.67 bits per heavy atom. The average molecular weight is 442 g/mol. The molecule has 0 aliphatic rings. The van der Waals surface area contributed by atoms with Gasteiger partial charge in [0, 0.05) is 16.2 Å². The molecule has 0 atom stereocenters. The van der Waals surface area contributed by atoms with Crippen LogP contribution < -0.4 is 10.5 Å². The molecule has 0 radical (unpaired) electrons. The molecule has 0 bridgehead atoms. The van der Waals surface area contributed by atoms with Crippen LogP contribution >= 0.6 is 31.9 Å². The molecule has 0 unspecified atom stereocenters. The number of hydrogen-bond donors (Lipinski definition) is 2. The summed E-state index contributed by atoms with van der Waals surface area (Å²) in [5, 5.41) is 0. The zero-order valence-corrected chi connectivity index (χ0v) is 14.2. The molecule has 0 heterocycles. The lowest BCUT2D eigenvalue weighted by Gasteiger charge is -2.11. The molecule has 0 saturated heterocycles. The van der Waals surface area contributed by atoms with Crippen molar-refractivity contribution in [2.75, 3.05) is 10.5 Å². The van der Waals surface area contributed by atoms with E-state index in [0.717, 1.165) is 12.1 Å². The summed E-state index contributed by atoms with van der Waals surface area (Å²) in [6, 6.07) is 5.63. The van der Waals surface area contributed by atoms with E-state index in [-0.39, 0.29) is 13.8 Å². The first-order valence-corrected chi connectivity index (χ1v) is 8.50. The van der Waals surface area contributed by atoms with Crippen LogP contribution in [0.1, 0.15) is 0 Å². The van der Waals surface area contributed by atoms with Crippen molar-refractivity contribution in [3.63, 3.8) is 0 Å². The van der Waals surface area contributed by atoms with Gasteiger partial charge in [-0.1, -0.05) is 0 Å². The van der Waals surface area contributed by atoms with Gasteiger partial charge in [-0.2, -0.15) is 0 Å². The molecule has 0 aliphatic carbocycles. The van der Waals surface area contributed by atoms with E-state index in [2.05, 4.69) is 31.9 Å². The Labute approximate surface area is 136 Å². The molecule has 0 amide bonds. The van der Waals surface area contributed by atoms with Crippen molar-refractivity contribution in [2.24, 2.45) is 0 Å². The molecule has 4 nitrogen and oxygen atoms in total. The molecule has 112 valence electrons. The normalized spacial score (nSPS) is 11.4. The summed E-state index contributed by atoms with van der Waals surface area (Å²) in [6.07, 6.45) is 0. The maximum Gasteiger partial charge on any atom is 0.263 e. The van der Waals surface area contributed by atoms with Crippen LogP contribution in [0.2, 0.25) is 0 Å². The fourth-order valence-corrected chi connectivity index (χ4v) is 4.01. The van der Waals surface area contributed by atoms with Crippen LogP contribution in [0.3, 0.4) is 0 Å². The third-order valence-corrected chi connectivity index (χ3v) is 5.45. The molecular weight excluding hydrogens is 434 g/mol. The molecule has 0 saturated carbocycles. The van der Waals surface area contributed by atoms with Gasteiger partial charge in [0.1, 0.15) is 16.5 Å². The molecule has 0 spiro atoms. The number of sulfonamides is 1. The van der Waals surface area contributed by atoms with Crippen LogP contribution in [-0.4, -0.2) is 8.42 Å². The zero-order valence-electron chi connectivity index (χ0n) is 10.2. The van der Waals surface area contributed by atoms with Crippen molar-refractivity contribution in [2.45, 2.75) is 4.90 Å². The Balaban J connectivity index is 2.45. The summed E-state index contributed by atoms with van der Waals surface area (Å²) in [6.45, 7) is 0. The van der Waals surface area contributed by atoms with Gasteiger partial charge in [0.2, 0.25) is 0 Å². The number of benzene rings is 2. The Morgan fingerprint density at radius 3 is 2.29 bits per heavy atom. The maximum absolute atomic E-state index is 13.7. The monoisotopic (exact) mass is 440 g/mol. The van der Waals surface area contributed by atoms with E-state index in [4.69, 9.17) is 5.73 Å². The average Bonchev–Trinajstić information content (AvgIpc) is 2.35. The van der Waals surface area contributed by atoms with Gasteiger partial charge in [-0.15, -0.1) is 0 Å². The quantitative estimate of drug-likeness (QED) is 0.560.